The molecule has 0 aromatic heterocycles. The van der Waals surface area contributed by atoms with Gasteiger partial charge in [0.05, 0.1) is 6.04 Å². The second-order valence-corrected chi connectivity index (χ2v) is 9.12. The Morgan fingerprint density at radius 1 is 0.839 bits per heavy atom. The van der Waals surface area contributed by atoms with Crippen LogP contribution in [0.4, 0.5) is 0 Å². The third-order valence-corrected chi connectivity index (χ3v) is 5.81. The van der Waals surface area contributed by atoms with Gasteiger partial charge in [-0.25, -0.2) is 4.79 Å². The maximum absolute atomic E-state index is 12.7. The summed E-state index contributed by atoms with van der Waals surface area (Å²) in [6.45, 7) is 1.99. The van der Waals surface area contributed by atoms with E-state index in [1.165, 1.54) is 30.4 Å². The summed E-state index contributed by atoms with van der Waals surface area (Å²) in [5.41, 5.74) is 11.3. The molecule has 0 aromatic rings. The summed E-state index contributed by atoms with van der Waals surface area (Å²) >= 11 is 3.00. The van der Waals surface area contributed by atoms with Gasteiger partial charge in [0, 0.05) is 0 Å². The van der Waals surface area contributed by atoms with Crippen LogP contribution in [-0.2, 0) is 19.2 Å². The molecular weight excluding hydrogens is 442 g/mol. The van der Waals surface area contributed by atoms with Crippen LogP contribution in [-0.4, -0.2) is 83.5 Å². The van der Waals surface area contributed by atoms with Gasteiger partial charge in [0.25, 0.3) is 0 Å². The van der Waals surface area contributed by atoms with E-state index in [0.717, 1.165) is 6.42 Å². The Morgan fingerprint density at radius 3 is 1.90 bits per heavy atom. The van der Waals surface area contributed by atoms with Crippen LogP contribution in [0.2, 0.25) is 0 Å². The highest BCUT2D eigenvalue weighted by Gasteiger charge is 2.27. The topological polar surface area (TPSA) is 177 Å². The summed E-state index contributed by atoms with van der Waals surface area (Å²) in [4.78, 5) is 48.7. The van der Waals surface area contributed by atoms with E-state index in [0.29, 0.717) is 37.3 Å². The zero-order valence-electron chi connectivity index (χ0n) is 18.5. The molecule has 0 spiro atoms. The minimum atomic E-state index is -1.13. The lowest BCUT2D eigenvalue weighted by Crippen LogP contribution is -2.56. The molecule has 10 nitrogen and oxygen atoms in total. The van der Waals surface area contributed by atoms with Gasteiger partial charge in [0.2, 0.25) is 17.7 Å². The standard InChI is InChI=1S/C19H37N5O5S2/c1-12(16(25)24-15(19(28)29)8-11-31-3)22-18(27)14(7-10-30-2)23-17(26)13(21)6-4-5-9-20/h12-15H,4-11,20-21H2,1-3H3,(H,22,27)(H,23,26)(H,24,25)(H,28,29). The number of carboxylic acid groups (broad SMARTS) is 1. The average molecular weight is 480 g/mol. The second kappa shape index (κ2) is 17.1. The SMILES string of the molecule is CSCCC(NC(=O)C(C)NC(=O)C(CCSC)NC(=O)C(N)CCCCN)C(=O)O. The van der Waals surface area contributed by atoms with Gasteiger partial charge in [0.15, 0.2) is 0 Å². The van der Waals surface area contributed by atoms with Crippen molar-refractivity contribution in [3.63, 3.8) is 0 Å². The zero-order valence-corrected chi connectivity index (χ0v) is 20.2. The molecule has 0 heterocycles. The molecule has 3 amide bonds. The summed E-state index contributed by atoms with van der Waals surface area (Å²) in [5, 5.41) is 16.9. The fourth-order valence-corrected chi connectivity index (χ4v) is 3.54. The summed E-state index contributed by atoms with van der Waals surface area (Å²) < 4.78 is 0. The van der Waals surface area contributed by atoms with Crippen molar-refractivity contribution in [2.45, 2.75) is 63.2 Å². The van der Waals surface area contributed by atoms with Crippen molar-refractivity contribution in [2.75, 3.05) is 30.6 Å². The van der Waals surface area contributed by atoms with Gasteiger partial charge >= 0.3 is 5.97 Å². The molecule has 4 atom stereocenters. The summed E-state index contributed by atoms with van der Waals surface area (Å²) in [5.74, 6) is -1.48. The third kappa shape index (κ3) is 12.8. The second-order valence-electron chi connectivity index (χ2n) is 7.14. The number of thioether (sulfide) groups is 2. The van der Waals surface area contributed by atoms with Crippen LogP contribution in [0.3, 0.4) is 0 Å². The number of carbonyl (C=O) groups excluding carboxylic acids is 3. The fraction of sp³-hybridized carbons (Fsp3) is 0.789. The van der Waals surface area contributed by atoms with Crippen molar-refractivity contribution in [1.82, 2.24) is 16.0 Å². The molecule has 8 N–H and O–H groups in total. The molecule has 0 saturated heterocycles. The van der Waals surface area contributed by atoms with Crippen LogP contribution in [0, 0.1) is 0 Å². The number of amides is 3. The molecule has 0 radical (unpaired) electrons. The van der Waals surface area contributed by atoms with Crippen molar-refractivity contribution in [3.8, 4) is 0 Å². The highest BCUT2D eigenvalue weighted by molar-refractivity contribution is 7.98. The van der Waals surface area contributed by atoms with E-state index in [2.05, 4.69) is 16.0 Å². The predicted molar refractivity (Wildman–Crippen MR) is 126 cm³/mol. The molecule has 12 heteroatoms. The lowest BCUT2D eigenvalue weighted by Gasteiger charge is -2.23. The highest BCUT2D eigenvalue weighted by atomic mass is 32.2. The number of hydrogen-bond acceptors (Lipinski definition) is 8. The lowest BCUT2D eigenvalue weighted by molar-refractivity contribution is -0.142. The van der Waals surface area contributed by atoms with Crippen molar-refractivity contribution in [2.24, 2.45) is 11.5 Å². The Labute approximate surface area is 192 Å². The van der Waals surface area contributed by atoms with Crippen LogP contribution >= 0.6 is 23.5 Å². The highest BCUT2D eigenvalue weighted by Crippen LogP contribution is 2.05. The molecule has 0 aliphatic rings. The normalized spacial score (nSPS) is 14.7. The fourth-order valence-electron chi connectivity index (χ4n) is 2.59. The molecule has 4 unspecified atom stereocenters. The van der Waals surface area contributed by atoms with Gasteiger partial charge in [0.1, 0.15) is 18.1 Å². The van der Waals surface area contributed by atoms with Crippen LogP contribution in [0.15, 0.2) is 0 Å². The first-order valence-corrected chi connectivity index (χ1v) is 13.0. The van der Waals surface area contributed by atoms with Crippen molar-refractivity contribution in [3.05, 3.63) is 0 Å². The van der Waals surface area contributed by atoms with Gasteiger partial charge in [-0.3, -0.25) is 14.4 Å². The zero-order chi connectivity index (χ0) is 23.8. The predicted octanol–water partition coefficient (Wildman–Crippen LogP) is -0.492. The number of rotatable bonds is 17. The minimum absolute atomic E-state index is 0.275. The van der Waals surface area contributed by atoms with E-state index < -0.39 is 47.9 Å². The van der Waals surface area contributed by atoms with Gasteiger partial charge in [-0.05, 0) is 63.2 Å². The molecular formula is C19H37N5O5S2. The lowest BCUT2D eigenvalue weighted by atomic mass is 10.1. The van der Waals surface area contributed by atoms with Crippen LogP contribution in [0.5, 0.6) is 0 Å². The van der Waals surface area contributed by atoms with E-state index in [1.807, 2.05) is 12.5 Å². The van der Waals surface area contributed by atoms with Crippen LogP contribution in [0.25, 0.3) is 0 Å². The van der Waals surface area contributed by atoms with Gasteiger partial charge in [-0.1, -0.05) is 6.42 Å². The number of nitrogens with two attached hydrogens (primary N) is 2. The summed E-state index contributed by atoms with van der Waals surface area (Å²) in [6.07, 6.45) is 6.31. The maximum Gasteiger partial charge on any atom is 0.326 e. The number of carbonyl (C=O) groups is 4. The molecule has 180 valence electrons. The molecule has 0 fully saturated rings. The Kier molecular flexibility index (Phi) is 16.3. The van der Waals surface area contributed by atoms with E-state index in [4.69, 9.17) is 11.5 Å². The summed E-state index contributed by atoms with van der Waals surface area (Å²) in [6, 6.07) is -3.58. The average Bonchev–Trinajstić information content (AvgIpc) is 2.73. The number of unbranched alkanes of at least 4 members (excludes halogenated alkanes) is 1. The number of carboxylic acids is 1. The molecule has 0 rings (SSSR count). The molecule has 0 aliphatic heterocycles. The van der Waals surface area contributed by atoms with Crippen LogP contribution < -0.4 is 27.4 Å². The van der Waals surface area contributed by atoms with Gasteiger partial charge in [-0.2, -0.15) is 23.5 Å². The largest absolute Gasteiger partial charge is 0.480 e. The van der Waals surface area contributed by atoms with Crippen molar-refractivity contribution >= 4 is 47.2 Å². The Hall–Kier alpha value is -1.50. The molecule has 0 bridgehead atoms. The minimum Gasteiger partial charge on any atom is -0.480 e. The number of nitrogens with one attached hydrogen (secondary N) is 3. The quantitative estimate of drug-likeness (QED) is 0.150. The molecule has 31 heavy (non-hydrogen) atoms. The smallest absolute Gasteiger partial charge is 0.326 e. The molecule has 0 saturated carbocycles. The van der Waals surface area contributed by atoms with E-state index in [9.17, 15) is 24.3 Å². The van der Waals surface area contributed by atoms with Crippen molar-refractivity contribution < 1.29 is 24.3 Å². The molecule has 0 aromatic carbocycles. The van der Waals surface area contributed by atoms with E-state index in [1.54, 1.807) is 0 Å². The first-order valence-electron chi connectivity index (χ1n) is 10.2. The first-order chi connectivity index (χ1) is 14.7. The third-order valence-electron chi connectivity index (χ3n) is 4.53. The molecule has 0 aliphatic carbocycles. The monoisotopic (exact) mass is 479 g/mol. The van der Waals surface area contributed by atoms with Gasteiger partial charge in [-0.15, -0.1) is 0 Å². The van der Waals surface area contributed by atoms with E-state index in [-0.39, 0.29) is 6.42 Å². The van der Waals surface area contributed by atoms with Gasteiger partial charge < -0.3 is 32.5 Å². The van der Waals surface area contributed by atoms with Crippen LogP contribution in [0.1, 0.15) is 39.0 Å². The summed E-state index contributed by atoms with van der Waals surface area (Å²) in [7, 11) is 0. The van der Waals surface area contributed by atoms with Crippen molar-refractivity contribution in [1.29, 1.82) is 0 Å². The Morgan fingerprint density at radius 2 is 1.39 bits per heavy atom. The van der Waals surface area contributed by atoms with E-state index >= 15 is 0 Å². The number of aliphatic carboxylic acids is 1. The number of hydrogen-bond donors (Lipinski definition) is 6. The first kappa shape index (κ1) is 29.5. The Balaban J connectivity index is 4.91. The Bertz CT molecular complexity index is 582. The maximum atomic E-state index is 12.7.